The topological polar surface area (TPSA) is 60.7 Å². The van der Waals surface area contributed by atoms with Crippen molar-refractivity contribution < 1.29 is 15.3 Å². The molecule has 0 fully saturated rings. The zero-order chi connectivity index (χ0) is 19.0. The van der Waals surface area contributed by atoms with Crippen LogP contribution < -0.4 is 0 Å². The molecule has 0 radical (unpaired) electrons. The normalized spacial score (nSPS) is 12.0. The summed E-state index contributed by atoms with van der Waals surface area (Å²) < 4.78 is 0. The van der Waals surface area contributed by atoms with Crippen molar-refractivity contribution in [1.82, 2.24) is 0 Å². The summed E-state index contributed by atoms with van der Waals surface area (Å²) in [4.78, 5) is 0. The number of aliphatic hydroxyl groups is 2. The van der Waals surface area contributed by atoms with Gasteiger partial charge < -0.3 is 15.3 Å². The van der Waals surface area contributed by atoms with Crippen molar-refractivity contribution in [1.29, 1.82) is 0 Å². The molecule has 3 N–H and O–H groups in total. The van der Waals surface area contributed by atoms with Crippen molar-refractivity contribution in [2.45, 2.75) is 58.2 Å². The third-order valence-electron chi connectivity index (χ3n) is 4.36. The van der Waals surface area contributed by atoms with Gasteiger partial charge in [0.15, 0.2) is 0 Å². The van der Waals surface area contributed by atoms with Crippen LogP contribution in [0.5, 0.6) is 5.75 Å². The molecule has 0 saturated carbocycles. The first kappa shape index (κ1) is 20.2. The molecule has 0 saturated heterocycles. The Morgan fingerprint density at radius 1 is 0.885 bits per heavy atom. The first-order chi connectivity index (χ1) is 12.4. The summed E-state index contributed by atoms with van der Waals surface area (Å²) in [6.45, 7) is 3.63. The monoisotopic (exact) mass is 354 g/mol. The molecule has 140 valence electrons. The van der Waals surface area contributed by atoms with Gasteiger partial charge in [-0.05, 0) is 73.6 Å². The summed E-state index contributed by atoms with van der Waals surface area (Å²) in [7, 11) is 0. The van der Waals surface area contributed by atoms with E-state index in [1.165, 1.54) is 5.56 Å². The van der Waals surface area contributed by atoms with Gasteiger partial charge in [-0.2, -0.15) is 0 Å². The number of aryl methyl sites for hydroxylation is 1. The molecule has 0 aromatic heterocycles. The van der Waals surface area contributed by atoms with Crippen LogP contribution in [0.1, 0.15) is 61.8 Å². The molecule has 0 bridgehead atoms. The van der Waals surface area contributed by atoms with Gasteiger partial charge >= 0.3 is 0 Å². The first-order valence-corrected chi connectivity index (χ1v) is 9.29. The zero-order valence-corrected chi connectivity index (χ0v) is 15.8. The highest BCUT2D eigenvalue weighted by molar-refractivity contribution is 5.70. The quantitative estimate of drug-likeness (QED) is 0.442. The lowest BCUT2D eigenvalue weighted by molar-refractivity contribution is 0.0681. The molecular formula is C23H30O3. The minimum absolute atomic E-state index is 0.0851. The van der Waals surface area contributed by atoms with Crippen molar-refractivity contribution in [2.75, 3.05) is 0 Å². The van der Waals surface area contributed by atoms with Gasteiger partial charge in [0.25, 0.3) is 0 Å². The largest absolute Gasteiger partial charge is 0.508 e. The van der Waals surface area contributed by atoms with Crippen LogP contribution >= 0.6 is 0 Å². The molecule has 2 rings (SSSR count). The Morgan fingerprint density at radius 3 is 2.35 bits per heavy atom. The van der Waals surface area contributed by atoms with E-state index < -0.39 is 5.60 Å². The van der Waals surface area contributed by atoms with Crippen LogP contribution in [0.3, 0.4) is 0 Å². The predicted octanol–water partition coefficient (Wildman–Crippen LogP) is 4.93. The second-order valence-electron chi connectivity index (χ2n) is 7.54. The Labute approximate surface area is 156 Å². The number of phenols is 1. The van der Waals surface area contributed by atoms with E-state index in [1.54, 1.807) is 12.1 Å². The molecule has 26 heavy (non-hydrogen) atoms. The van der Waals surface area contributed by atoms with Gasteiger partial charge in [-0.15, -0.1) is 0 Å². The van der Waals surface area contributed by atoms with Crippen LogP contribution in [0.2, 0.25) is 0 Å². The Bertz CT molecular complexity index is 726. The van der Waals surface area contributed by atoms with Crippen LogP contribution in [-0.2, 0) is 13.0 Å². The second kappa shape index (κ2) is 9.56. The molecule has 0 aliphatic heterocycles. The van der Waals surface area contributed by atoms with Crippen LogP contribution in [0.25, 0.3) is 12.2 Å². The Balaban J connectivity index is 1.91. The highest BCUT2D eigenvalue weighted by atomic mass is 16.3. The summed E-state index contributed by atoms with van der Waals surface area (Å²) in [5.41, 5.74) is 3.43. The fourth-order valence-electron chi connectivity index (χ4n) is 3.00. The smallest absolute Gasteiger partial charge is 0.116 e. The summed E-state index contributed by atoms with van der Waals surface area (Å²) in [6, 6.07) is 13.6. The molecule has 0 spiro atoms. The summed E-state index contributed by atoms with van der Waals surface area (Å²) in [5.74, 6) is 0.163. The maximum absolute atomic E-state index is 9.74. The highest BCUT2D eigenvalue weighted by Crippen LogP contribution is 2.19. The van der Waals surface area contributed by atoms with Crippen LogP contribution in [0, 0.1) is 0 Å². The van der Waals surface area contributed by atoms with Crippen LogP contribution in [0.15, 0.2) is 42.5 Å². The van der Waals surface area contributed by atoms with Gasteiger partial charge in [-0.25, -0.2) is 0 Å². The molecule has 2 aromatic carbocycles. The number of aliphatic hydroxyl groups excluding tert-OH is 1. The van der Waals surface area contributed by atoms with E-state index in [0.29, 0.717) is 5.56 Å². The average Bonchev–Trinajstić information content (AvgIpc) is 2.58. The lowest BCUT2D eigenvalue weighted by Crippen LogP contribution is -2.17. The third-order valence-corrected chi connectivity index (χ3v) is 4.36. The summed E-state index contributed by atoms with van der Waals surface area (Å²) >= 11 is 0. The second-order valence-corrected chi connectivity index (χ2v) is 7.54. The van der Waals surface area contributed by atoms with Gasteiger partial charge in [0.1, 0.15) is 5.75 Å². The SMILES string of the molecule is CC(C)(O)CCCCCc1cccc(/C=C/c2cc(O)cc(CO)c2)c1. The summed E-state index contributed by atoms with van der Waals surface area (Å²) in [5, 5.41) is 28.7. The van der Waals surface area contributed by atoms with Gasteiger partial charge in [-0.3, -0.25) is 0 Å². The van der Waals surface area contributed by atoms with Crippen molar-refractivity contribution in [3.05, 3.63) is 64.7 Å². The van der Waals surface area contributed by atoms with Gasteiger partial charge in [0.2, 0.25) is 0 Å². The molecule has 3 nitrogen and oxygen atoms in total. The van der Waals surface area contributed by atoms with Crippen molar-refractivity contribution in [3.63, 3.8) is 0 Å². The number of phenolic OH excluding ortho intramolecular Hbond substituents is 1. The molecule has 0 unspecified atom stereocenters. The molecular weight excluding hydrogens is 324 g/mol. The Morgan fingerprint density at radius 2 is 1.62 bits per heavy atom. The van der Waals surface area contributed by atoms with Crippen LogP contribution in [0.4, 0.5) is 0 Å². The minimum Gasteiger partial charge on any atom is -0.508 e. The van der Waals surface area contributed by atoms with E-state index in [1.807, 2.05) is 32.1 Å². The van der Waals surface area contributed by atoms with E-state index in [9.17, 15) is 15.3 Å². The number of hydrogen-bond acceptors (Lipinski definition) is 3. The number of benzene rings is 2. The van der Waals surface area contributed by atoms with Crippen molar-refractivity contribution >= 4 is 12.2 Å². The number of aromatic hydroxyl groups is 1. The fourth-order valence-corrected chi connectivity index (χ4v) is 3.00. The van der Waals surface area contributed by atoms with Crippen molar-refractivity contribution in [2.24, 2.45) is 0 Å². The number of hydrogen-bond donors (Lipinski definition) is 3. The average molecular weight is 354 g/mol. The molecule has 2 aromatic rings. The van der Waals surface area contributed by atoms with Crippen molar-refractivity contribution in [3.8, 4) is 5.75 Å². The lowest BCUT2D eigenvalue weighted by Gasteiger charge is -2.16. The van der Waals surface area contributed by atoms with E-state index in [0.717, 1.165) is 43.2 Å². The van der Waals surface area contributed by atoms with E-state index >= 15 is 0 Å². The maximum atomic E-state index is 9.74. The number of unbranched alkanes of at least 4 members (excludes halogenated alkanes) is 2. The van der Waals surface area contributed by atoms with Gasteiger partial charge in [0.05, 0.1) is 12.2 Å². The molecule has 0 heterocycles. The van der Waals surface area contributed by atoms with E-state index in [4.69, 9.17) is 0 Å². The highest BCUT2D eigenvalue weighted by Gasteiger charge is 2.10. The molecule has 0 aliphatic carbocycles. The summed E-state index contributed by atoms with van der Waals surface area (Å²) in [6.07, 6.45) is 9.14. The molecule has 0 atom stereocenters. The molecule has 0 aliphatic rings. The Hall–Kier alpha value is -2.10. The lowest BCUT2D eigenvalue weighted by atomic mass is 9.98. The van der Waals surface area contributed by atoms with E-state index in [2.05, 4.69) is 24.3 Å². The molecule has 3 heteroatoms. The van der Waals surface area contributed by atoms with Gasteiger partial charge in [-0.1, -0.05) is 49.3 Å². The van der Waals surface area contributed by atoms with Crippen LogP contribution in [-0.4, -0.2) is 20.9 Å². The predicted molar refractivity (Wildman–Crippen MR) is 108 cm³/mol. The Kier molecular flexibility index (Phi) is 7.43. The number of rotatable bonds is 9. The van der Waals surface area contributed by atoms with Gasteiger partial charge in [0, 0.05) is 0 Å². The standard InChI is InChI=1S/C23H30O3/c1-23(2,26)12-5-3-4-7-18-8-6-9-19(13-18)10-11-20-14-21(17-24)16-22(25)15-20/h6,8-11,13-16,24-26H,3-5,7,12,17H2,1-2H3/b11-10+. The first-order valence-electron chi connectivity index (χ1n) is 9.29. The third kappa shape index (κ3) is 7.42. The van der Waals surface area contributed by atoms with E-state index in [-0.39, 0.29) is 12.4 Å². The zero-order valence-electron chi connectivity index (χ0n) is 15.8. The maximum Gasteiger partial charge on any atom is 0.116 e. The minimum atomic E-state index is -0.563. The molecule has 0 amide bonds. The fraction of sp³-hybridized carbons (Fsp3) is 0.391.